The maximum Gasteiger partial charge on any atom is 0.329 e. The van der Waals surface area contributed by atoms with E-state index in [1.54, 1.807) is 18.2 Å². The summed E-state index contributed by atoms with van der Waals surface area (Å²) in [5, 5.41) is 0. The van der Waals surface area contributed by atoms with E-state index in [1.165, 1.54) is 6.07 Å². The fraction of sp³-hybridized carbons (Fsp3) is 0.333. The molecule has 9 heteroatoms. The van der Waals surface area contributed by atoms with Gasteiger partial charge in [0.25, 0.3) is 15.9 Å². The number of sulfonamides is 1. The van der Waals surface area contributed by atoms with Crippen LogP contribution in [-0.4, -0.2) is 58.8 Å². The van der Waals surface area contributed by atoms with Crippen molar-refractivity contribution in [3.8, 4) is 0 Å². The number of fused-ring (bicyclic) bond motifs is 2. The summed E-state index contributed by atoms with van der Waals surface area (Å²) in [5.74, 6) is -0.428. The highest BCUT2D eigenvalue weighted by molar-refractivity contribution is 7.90. The fourth-order valence-electron chi connectivity index (χ4n) is 5.95. The van der Waals surface area contributed by atoms with Gasteiger partial charge in [-0.15, -0.1) is 0 Å². The Balaban J connectivity index is 1.06. The Morgan fingerprint density at radius 1 is 0.744 bits per heavy atom. The molecule has 2 aliphatic heterocycles. The molecule has 1 saturated heterocycles. The number of aromatic nitrogens is 2. The zero-order valence-electron chi connectivity index (χ0n) is 21.8. The molecule has 0 atom stereocenters. The van der Waals surface area contributed by atoms with Crippen molar-refractivity contribution in [1.29, 1.82) is 0 Å². The molecule has 2 aliphatic rings. The van der Waals surface area contributed by atoms with Crippen LogP contribution in [0.5, 0.6) is 0 Å². The molecule has 6 rings (SSSR count). The third-order valence-electron chi connectivity index (χ3n) is 7.97. The summed E-state index contributed by atoms with van der Waals surface area (Å²) in [6.07, 6.45) is 3.18. The zero-order valence-corrected chi connectivity index (χ0v) is 22.6. The Labute approximate surface area is 228 Å². The molecule has 0 aliphatic carbocycles. The van der Waals surface area contributed by atoms with Gasteiger partial charge in [-0.05, 0) is 62.1 Å². The molecule has 3 heterocycles. The predicted molar refractivity (Wildman–Crippen MR) is 150 cm³/mol. The smallest absolute Gasteiger partial charge is 0.303 e. The SMILES string of the molecule is O=C1c2ccccc2S(=O)(=O)N1CCCCN1CCC(n2c(=O)n(Cc3ccccc3)c3ccccc32)CC1. The van der Waals surface area contributed by atoms with Crippen molar-refractivity contribution in [2.24, 2.45) is 0 Å². The topological polar surface area (TPSA) is 84.6 Å². The van der Waals surface area contributed by atoms with Gasteiger partial charge in [-0.1, -0.05) is 54.6 Å². The number of para-hydroxylation sites is 2. The lowest BCUT2D eigenvalue weighted by Gasteiger charge is -2.32. The maximum atomic E-state index is 13.6. The van der Waals surface area contributed by atoms with Crippen LogP contribution in [0.2, 0.25) is 0 Å². The molecule has 0 spiro atoms. The van der Waals surface area contributed by atoms with Gasteiger partial charge in [-0.3, -0.25) is 13.9 Å². The zero-order chi connectivity index (χ0) is 27.0. The lowest BCUT2D eigenvalue weighted by atomic mass is 10.0. The van der Waals surface area contributed by atoms with Gasteiger partial charge >= 0.3 is 5.69 Å². The van der Waals surface area contributed by atoms with E-state index < -0.39 is 15.9 Å². The first-order valence-corrected chi connectivity index (χ1v) is 15.0. The van der Waals surface area contributed by atoms with Crippen molar-refractivity contribution in [3.05, 3.63) is 100 Å². The molecular formula is C30H32N4O4S. The largest absolute Gasteiger partial charge is 0.329 e. The highest BCUT2D eigenvalue weighted by Crippen LogP contribution is 2.30. The van der Waals surface area contributed by atoms with E-state index in [0.29, 0.717) is 13.0 Å². The van der Waals surface area contributed by atoms with E-state index in [9.17, 15) is 18.0 Å². The van der Waals surface area contributed by atoms with Crippen LogP contribution in [0.25, 0.3) is 11.0 Å². The van der Waals surface area contributed by atoms with Gasteiger partial charge in [0.2, 0.25) is 0 Å². The molecule has 0 N–H and O–H groups in total. The second-order valence-electron chi connectivity index (χ2n) is 10.4. The number of rotatable bonds is 8. The number of amides is 1. The number of piperidine rings is 1. The minimum absolute atomic E-state index is 0.0380. The molecule has 4 aromatic rings. The van der Waals surface area contributed by atoms with Crippen molar-refractivity contribution in [2.45, 2.75) is 43.2 Å². The quantitative estimate of drug-likeness (QED) is 0.312. The van der Waals surface area contributed by atoms with Crippen molar-refractivity contribution in [2.75, 3.05) is 26.2 Å². The highest BCUT2D eigenvalue weighted by atomic mass is 32.2. The van der Waals surface area contributed by atoms with Crippen molar-refractivity contribution >= 4 is 27.0 Å². The number of hydrogen-bond donors (Lipinski definition) is 0. The number of carbonyl (C=O) groups excluding carboxylic acids is 1. The monoisotopic (exact) mass is 544 g/mol. The third-order valence-corrected chi connectivity index (χ3v) is 9.81. The van der Waals surface area contributed by atoms with Gasteiger partial charge < -0.3 is 4.90 Å². The summed E-state index contributed by atoms with van der Waals surface area (Å²) in [6, 6.07) is 24.6. The Kier molecular flexibility index (Phi) is 6.86. The number of likely N-dealkylation sites (tertiary alicyclic amines) is 1. The van der Waals surface area contributed by atoms with Crippen molar-refractivity contribution in [1.82, 2.24) is 18.3 Å². The highest BCUT2D eigenvalue weighted by Gasteiger charge is 2.40. The number of hydrogen-bond acceptors (Lipinski definition) is 5. The summed E-state index contributed by atoms with van der Waals surface area (Å²) >= 11 is 0. The second kappa shape index (κ2) is 10.5. The number of nitrogens with zero attached hydrogens (tertiary/aromatic N) is 4. The lowest BCUT2D eigenvalue weighted by molar-refractivity contribution is 0.0868. The van der Waals surface area contributed by atoms with Gasteiger partial charge in [0.15, 0.2) is 0 Å². The van der Waals surface area contributed by atoms with E-state index >= 15 is 0 Å². The van der Waals surface area contributed by atoms with Crippen LogP contribution in [0.3, 0.4) is 0 Å². The molecular weight excluding hydrogens is 512 g/mol. The molecule has 1 amide bonds. The van der Waals surface area contributed by atoms with Crippen LogP contribution in [0.1, 0.15) is 47.6 Å². The van der Waals surface area contributed by atoms with E-state index in [-0.39, 0.29) is 28.7 Å². The summed E-state index contributed by atoms with van der Waals surface area (Å²) in [4.78, 5) is 28.7. The minimum Gasteiger partial charge on any atom is -0.303 e. The Hall–Kier alpha value is -3.69. The minimum atomic E-state index is -3.74. The van der Waals surface area contributed by atoms with Crippen LogP contribution in [0.15, 0.2) is 88.6 Å². The van der Waals surface area contributed by atoms with Crippen molar-refractivity contribution in [3.63, 3.8) is 0 Å². The molecule has 3 aromatic carbocycles. The molecule has 8 nitrogen and oxygen atoms in total. The number of carbonyl (C=O) groups is 1. The van der Waals surface area contributed by atoms with Crippen LogP contribution in [-0.2, 0) is 16.6 Å². The summed E-state index contributed by atoms with van der Waals surface area (Å²) < 4.78 is 30.4. The molecule has 0 radical (unpaired) electrons. The molecule has 0 bridgehead atoms. The second-order valence-corrected chi connectivity index (χ2v) is 12.2. The first-order valence-electron chi connectivity index (χ1n) is 13.6. The number of unbranched alkanes of at least 4 members (excludes halogenated alkanes) is 1. The standard InChI is InChI=1S/C30H32N4O4S/c35-29-25-12-4-7-15-28(25)39(37,38)33(29)19-9-8-18-31-20-16-24(17-21-31)34-27-14-6-5-13-26(27)32(30(34)36)22-23-10-2-1-3-11-23/h1-7,10-15,24H,8-9,16-22H2. The number of benzene rings is 3. The van der Waals surface area contributed by atoms with Crippen LogP contribution < -0.4 is 5.69 Å². The van der Waals surface area contributed by atoms with E-state index in [2.05, 4.69) is 4.90 Å². The molecule has 39 heavy (non-hydrogen) atoms. The van der Waals surface area contributed by atoms with Gasteiger partial charge in [-0.2, -0.15) is 0 Å². The van der Waals surface area contributed by atoms with Crippen molar-refractivity contribution < 1.29 is 13.2 Å². The van der Waals surface area contributed by atoms with Crippen LogP contribution in [0.4, 0.5) is 0 Å². The van der Waals surface area contributed by atoms with Gasteiger partial charge in [0.1, 0.15) is 4.90 Å². The van der Waals surface area contributed by atoms with E-state index in [0.717, 1.165) is 59.8 Å². The summed E-state index contributed by atoms with van der Waals surface area (Å²) in [5.41, 5.74) is 3.34. The van der Waals surface area contributed by atoms with Gasteiger partial charge in [-0.25, -0.2) is 17.5 Å². The summed E-state index contributed by atoms with van der Waals surface area (Å²) in [6.45, 7) is 3.34. The Bertz CT molecular complexity index is 1670. The third kappa shape index (κ3) is 4.70. The van der Waals surface area contributed by atoms with Gasteiger partial charge in [0.05, 0.1) is 23.1 Å². The average molecular weight is 545 g/mol. The summed E-state index contributed by atoms with van der Waals surface area (Å²) in [7, 11) is -3.74. The van der Waals surface area contributed by atoms with E-state index in [1.807, 2.05) is 63.7 Å². The average Bonchev–Trinajstić information content (AvgIpc) is 3.34. The first kappa shape index (κ1) is 25.6. The fourth-order valence-corrected chi connectivity index (χ4v) is 7.56. The maximum absolute atomic E-state index is 13.6. The normalized spacial score (nSPS) is 17.6. The van der Waals surface area contributed by atoms with Crippen LogP contribution >= 0.6 is 0 Å². The molecule has 0 unspecified atom stereocenters. The first-order chi connectivity index (χ1) is 18.9. The molecule has 1 aromatic heterocycles. The Morgan fingerprint density at radius 3 is 2.13 bits per heavy atom. The molecule has 1 fully saturated rings. The van der Waals surface area contributed by atoms with Gasteiger partial charge in [0, 0.05) is 25.7 Å². The predicted octanol–water partition coefficient (Wildman–Crippen LogP) is 4.11. The lowest BCUT2D eigenvalue weighted by Crippen LogP contribution is -2.38. The number of imidazole rings is 1. The van der Waals surface area contributed by atoms with E-state index in [4.69, 9.17) is 0 Å². The Morgan fingerprint density at radius 2 is 1.38 bits per heavy atom. The molecule has 0 saturated carbocycles. The molecule has 202 valence electrons. The van der Waals surface area contributed by atoms with Crippen LogP contribution in [0, 0.1) is 0 Å².